The lowest BCUT2D eigenvalue weighted by Gasteiger charge is -2.17. The summed E-state index contributed by atoms with van der Waals surface area (Å²) in [6.45, 7) is 5.46. The Kier molecular flexibility index (Phi) is 6.90. The van der Waals surface area contributed by atoms with Crippen LogP contribution in [-0.2, 0) is 13.1 Å². The molecule has 0 aliphatic heterocycles. The molecule has 96 valence electrons. The minimum Gasteiger partial charge on any atom is -0.316 e. The maximum absolute atomic E-state index is 3.19. The first-order valence-corrected chi connectivity index (χ1v) is 6.67. The summed E-state index contributed by atoms with van der Waals surface area (Å²) in [5.74, 6) is 0. The maximum atomic E-state index is 3.19. The molecular formula is C15H26N2. The summed E-state index contributed by atoms with van der Waals surface area (Å²) >= 11 is 0. The molecule has 0 amide bonds. The third-order valence-corrected chi connectivity index (χ3v) is 2.97. The van der Waals surface area contributed by atoms with E-state index in [0.717, 1.165) is 13.1 Å². The standard InChI is InChI=1S/C15H26N2/c1-4-5-6-10-17(3)13-15-9-7-8-14(11-15)12-16-2/h7-9,11,16H,4-6,10,12-13H2,1-3H3. The van der Waals surface area contributed by atoms with E-state index < -0.39 is 0 Å². The third-order valence-electron chi connectivity index (χ3n) is 2.97. The molecule has 0 radical (unpaired) electrons. The van der Waals surface area contributed by atoms with Crippen LogP contribution in [0.25, 0.3) is 0 Å². The molecular weight excluding hydrogens is 208 g/mol. The van der Waals surface area contributed by atoms with Crippen LogP contribution in [0.4, 0.5) is 0 Å². The van der Waals surface area contributed by atoms with Gasteiger partial charge in [0.25, 0.3) is 0 Å². The number of benzene rings is 1. The molecule has 0 fully saturated rings. The first-order valence-electron chi connectivity index (χ1n) is 6.67. The number of nitrogens with one attached hydrogen (secondary N) is 1. The van der Waals surface area contributed by atoms with Crippen LogP contribution < -0.4 is 5.32 Å². The Labute approximate surface area is 106 Å². The zero-order chi connectivity index (χ0) is 12.5. The van der Waals surface area contributed by atoms with Crippen molar-refractivity contribution in [2.75, 3.05) is 20.6 Å². The van der Waals surface area contributed by atoms with Crippen molar-refractivity contribution in [1.82, 2.24) is 10.2 Å². The van der Waals surface area contributed by atoms with Crippen molar-refractivity contribution < 1.29 is 0 Å². The second-order valence-electron chi connectivity index (χ2n) is 4.80. The maximum Gasteiger partial charge on any atom is 0.0230 e. The molecule has 1 aromatic rings. The monoisotopic (exact) mass is 234 g/mol. The van der Waals surface area contributed by atoms with Gasteiger partial charge in [0, 0.05) is 13.1 Å². The molecule has 0 spiro atoms. The van der Waals surface area contributed by atoms with Gasteiger partial charge in [-0.25, -0.2) is 0 Å². The van der Waals surface area contributed by atoms with E-state index in [1.807, 2.05) is 7.05 Å². The molecule has 17 heavy (non-hydrogen) atoms. The van der Waals surface area contributed by atoms with Gasteiger partial charge in [-0.1, -0.05) is 44.0 Å². The van der Waals surface area contributed by atoms with Gasteiger partial charge in [0.15, 0.2) is 0 Å². The van der Waals surface area contributed by atoms with Crippen LogP contribution in [-0.4, -0.2) is 25.5 Å². The molecule has 0 heterocycles. The second kappa shape index (κ2) is 8.26. The molecule has 0 aliphatic carbocycles. The number of hydrogen-bond donors (Lipinski definition) is 1. The topological polar surface area (TPSA) is 15.3 Å². The zero-order valence-corrected chi connectivity index (χ0v) is 11.5. The highest BCUT2D eigenvalue weighted by Gasteiger charge is 2.01. The lowest BCUT2D eigenvalue weighted by atomic mass is 10.1. The second-order valence-corrected chi connectivity index (χ2v) is 4.80. The summed E-state index contributed by atoms with van der Waals surface area (Å²) in [5, 5.41) is 3.19. The molecule has 0 unspecified atom stereocenters. The van der Waals surface area contributed by atoms with Crippen LogP contribution in [0.2, 0.25) is 0 Å². The fourth-order valence-electron chi connectivity index (χ4n) is 2.06. The average Bonchev–Trinajstić information content (AvgIpc) is 2.30. The fourth-order valence-corrected chi connectivity index (χ4v) is 2.06. The van der Waals surface area contributed by atoms with E-state index in [-0.39, 0.29) is 0 Å². The van der Waals surface area contributed by atoms with Gasteiger partial charge >= 0.3 is 0 Å². The Morgan fingerprint density at radius 2 is 1.94 bits per heavy atom. The molecule has 1 aromatic carbocycles. The van der Waals surface area contributed by atoms with Gasteiger partial charge in [-0.3, -0.25) is 0 Å². The first kappa shape index (κ1) is 14.2. The number of unbranched alkanes of at least 4 members (excludes halogenated alkanes) is 2. The van der Waals surface area contributed by atoms with Crippen molar-refractivity contribution >= 4 is 0 Å². The van der Waals surface area contributed by atoms with Crippen LogP contribution in [0, 0.1) is 0 Å². The smallest absolute Gasteiger partial charge is 0.0230 e. The van der Waals surface area contributed by atoms with Gasteiger partial charge in [-0.15, -0.1) is 0 Å². The van der Waals surface area contributed by atoms with Gasteiger partial charge in [0.1, 0.15) is 0 Å². The molecule has 0 saturated carbocycles. The SMILES string of the molecule is CCCCCN(C)Cc1cccc(CNC)c1. The molecule has 0 aromatic heterocycles. The van der Waals surface area contributed by atoms with Crippen molar-refractivity contribution in [3.05, 3.63) is 35.4 Å². The van der Waals surface area contributed by atoms with Crippen molar-refractivity contribution in [2.24, 2.45) is 0 Å². The summed E-state index contributed by atoms with van der Waals surface area (Å²) in [5.41, 5.74) is 2.78. The third kappa shape index (κ3) is 5.85. The molecule has 0 aliphatic rings. The quantitative estimate of drug-likeness (QED) is 0.696. The number of rotatable bonds is 8. The summed E-state index contributed by atoms with van der Waals surface area (Å²) < 4.78 is 0. The normalized spacial score (nSPS) is 11.1. The van der Waals surface area contributed by atoms with Gasteiger partial charge < -0.3 is 10.2 Å². The van der Waals surface area contributed by atoms with Crippen LogP contribution in [0.1, 0.15) is 37.3 Å². The van der Waals surface area contributed by atoms with Crippen LogP contribution in [0.15, 0.2) is 24.3 Å². The largest absolute Gasteiger partial charge is 0.316 e. The Bertz CT molecular complexity index is 310. The lowest BCUT2D eigenvalue weighted by Crippen LogP contribution is -2.19. The van der Waals surface area contributed by atoms with Crippen LogP contribution in [0.5, 0.6) is 0 Å². The van der Waals surface area contributed by atoms with Crippen molar-refractivity contribution in [1.29, 1.82) is 0 Å². The Hall–Kier alpha value is -0.860. The average molecular weight is 234 g/mol. The highest BCUT2D eigenvalue weighted by atomic mass is 15.1. The summed E-state index contributed by atoms with van der Waals surface area (Å²) in [6, 6.07) is 8.85. The number of nitrogens with zero attached hydrogens (tertiary/aromatic N) is 1. The Balaban J connectivity index is 2.41. The molecule has 2 nitrogen and oxygen atoms in total. The minimum absolute atomic E-state index is 0.952. The predicted octanol–water partition coefficient (Wildman–Crippen LogP) is 3.03. The van der Waals surface area contributed by atoms with Gasteiger partial charge in [-0.05, 0) is 38.2 Å². The predicted molar refractivity (Wildman–Crippen MR) is 75.1 cm³/mol. The highest BCUT2D eigenvalue weighted by Crippen LogP contribution is 2.08. The minimum atomic E-state index is 0.952. The van der Waals surface area contributed by atoms with Crippen LogP contribution in [0.3, 0.4) is 0 Å². The van der Waals surface area contributed by atoms with E-state index in [1.165, 1.54) is 36.9 Å². The van der Waals surface area contributed by atoms with Crippen molar-refractivity contribution in [2.45, 2.75) is 39.3 Å². The van der Waals surface area contributed by atoms with E-state index in [1.54, 1.807) is 0 Å². The molecule has 0 atom stereocenters. The lowest BCUT2D eigenvalue weighted by molar-refractivity contribution is 0.318. The molecule has 0 saturated heterocycles. The van der Waals surface area contributed by atoms with Crippen molar-refractivity contribution in [3.63, 3.8) is 0 Å². The zero-order valence-electron chi connectivity index (χ0n) is 11.5. The summed E-state index contributed by atoms with van der Waals surface area (Å²) in [7, 11) is 4.20. The summed E-state index contributed by atoms with van der Waals surface area (Å²) in [6.07, 6.45) is 3.94. The summed E-state index contributed by atoms with van der Waals surface area (Å²) in [4.78, 5) is 2.41. The Morgan fingerprint density at radius 1 is 1.18 bits per heavy atom. The Morgan fingerprint density at radius 3 is 2.65 bits per heavy atom. The van der Waals surface area contributed by atoms with Gasteiger partial charge in [0.2, 0.25) is 0 Å². The fraction of sp³-hybridized carbons (Fsp3) is 0.600. The van der Waals surface area contributed by atoms with E-state index in [0.29, 0.717) is 0 Å². The molecule has 2 heteroatoms. The molecule has 1 rings (SSSR count). The van der Waals surface area contributed by atoms with Crippen LogP contribution >= 0.6 is 0 Å². The van der Waals surface area contributed by atoms with E-state index >= 15 is 0 Å². The van der Waals surface area contributed by atoms with E-state index in [4.69, 9.17) is 0 Å². The molecule has 1 N–H and O–H groups in total. The first-order chi connectivity index (χ1) is 8.26. The van der Waals surface area contributed by atoms with Gasteiger partial charge in [0.05, 0.1) is 0 Å². The van der Waals surface area contributed by atoms with E-state index in [2.05, 4.69) is 48.5 Å². The van der Waals surface area contributed by atoms with E-state index in [9.17, 15) is 0 Å². The van der Waals surface area contributed by atoms with Crippen molar-refractivity contribution in [3.8, 4) is 0 Å². The van der Waals surface area contributed by atoms with Gasteiger partial charge in [-0.2, -0.15) is 0 Å². The molecule has 0 bridgehead atoms. The number of hydrogen-bond acceptors (Lipinski definition) is 2. The highest BCUT2D eigenvalue weighted by molar-refractivity contribution is 5.23.